The van der Waals surface area contributed by atoms with Gasteiger partial charge in [0.2, 0.25) is 0 Å². The van der Waals surface area contributed by atoms with Crippen molar-refractivity contribution < 1.29 is 13.5 Å². The Balaban J connectivity index is 1.34. The summed E-state index contributed by atoms with van der Waals surface area (Å²) in [7, 11) is 2.19. The summed E-state index contributed by atoms with van der Waals surface area (Å²) in [5.74, 6) is 0.681. The first kappa shape index (κ1) is 17.3. The summed E-state index contributed by atoms with van der Waals surface area (Å²) in [6.07, 6.45) is 2.56. The number of nitrogens with zero attached hydrogens (tertiary/aromatic N) is 1. The second-order valence-electron chi connectivity index (χ2n) is 8.09. The molecule has 0 amide bonds. The van der Waals surface area contributed by atoms with Crippen molar-refractivity contribution in [3.8, 4) is 0 Å². The number of hydrogen-bond donors (Lipinski definition) is 2. The molecule has 2 aliphatic heterocycles. The van der Waals surface area contributed by atoms with Gasteiger partial charge in [0.1, 0.15) is 17.7 Å². The zero-order chi connectivity index (χ0) is 17.6. The van der Waals surface area contributed by atoms with Gasteiger partial charge in [-0.25, -0.2) is 8.78 Å². The first-order valence-electron chi connectivity index (χ1n) is 9.26. The van der Waals surface area contributed by atoms with Gasteiger partial charge in [-0.3, -0.25) is 0 Å². The van der Waals surface area contributed by atoms with Crippen LogP contribution >= 0.6 is 0 Å². The number of hydrogen-bond acceptors (Lipinski definition) is 4. The summed E-state index contributed by atoms with van der Waals surface area (Å²) in [5.41, 5.74) is 6.47. The van der Waals surface area contributed by atoms with E-state index in [9.17, 15) is 8.78 Å². The van der Waals surface area contributed by atoms with Crippen LogP contribution in [0.15, 0.2) is 18.2 Å². The Morgan fingerprint density at radius 1 is 1.12 bits per heavy atom. The summed E-state index contributed by atoms with van der Waals surface area (Å²) < 4.78 is 33.3. The Morgan fingerprint density at radius 3 is 2.52 bits per heavy atom. The average molecular weight is 351 g/mol. The highest BCUT2D eigenvalue weighted by atomic mass is 19.1. The molecule has 3 fully saturated rings. The van der Waals surface area contributed by atoms with Crippen LogP contribution in [0.4, 0.5) is 8.78 Å². The maximum absolute atomic E-state index is 14.0. The third-order valence-electron chi connectivity index (χ3n) is 6.09. The van der Waals surface area contributed by atoms with E-state index in [-0.39, 0.29) is 17.6 Å². The Kier molecular flexibility index (Phi) is 4.79. The van der Waals surface area contributed by atoms with Gasteiger partial charge in [0.15, 0.2) is 0 Å². The molecule has 0 spiro atoms. The number of nitrogens with two attached hydrogens (primary N) is 1. The molecule has 6 heteroatoms. The van der Waals surface area contributed by atoms with Crippen LogP contribution in [0.1, 0.15) is 30.9 Å². The number of ether oxygens (including phenoxy) is 1. The Bertz CT molecular complexity index is 615. The fraction of sp³-hybridized carbons (Fsp3) is 0.684. The molecular weight excluding hydrogens is 324 g/mol. The third kappa shape index (κ3) is 3.58. The van der Waals surface area contributed by atoms with Crippen molar-refractivity contribution in [2.45, 2.75) is 43.5 Å². The van der Waals surface area contributed by atoms with Crippen LogP contribution in [0.25, 0.3) is 0 Å². The lowest BCUT2D eigenvalue weighted by molar-refractivity contribution is -0.0224. The van der Waals surface area contributed by atoms with Gasteiger partial charge in [-0.2, -0.15) is 0 Å². The van der Waals surface area contributed by atoms with Gasteiger partial charge in [-0.1, -0.05) is 0 Å². The van der Waals surface area contributed by atoms with E-state index in [2.05, 4.69) is 17.3 Å². The van der Waals surface area contributed by atoms with Crippen LogP contribution in [0, 0.1) is 23.5 Å². The molecule has 4 rings (SSSR count). The quantitative estimate of drug-likeness (QED) is 0.875. The molecule has 3 N–H and O–H groups in total. The summed E-state index contributed by atoms with van der Waals surface area (Å²) in [6, 6.07) is 3.82. The predicted molar refractivity (Wildman–Crippen MR) is 92.1 cm³/mol. The van der Waals surface area contributed by atoms with Crippen molar-refractivity contribution in [2.75, 3.05) is 26.7 Å². The minimum atomic E-state index is -0.578. The molecule has 5 atom stereocenters. The van der Waals surface area contributed by atoms with Crippen molar-refractivity contribution in [1.82, 2.24) is 10.2 Å². The number of halogens is 2. The number of benzene rings is 1. The normalized spacial score (nSPS) is 38.9. The molecule has 3 aliphatic rings. The molecule has 5 unspecified atom stereocenters. The molecule has 0 aromatic heterocycles. The van der Waals surface area contributed by atoms with E-state index in [1.165, 1.54) is 32.0 Å². The van der Waals surface area contributed by atoms with Gasteiger partial charge in [0, 0.05) is 36.8 Å². The minimum Gasteiger partial charge on any atom is -0.370 e. The molecule has 4 nitrogen and oxygen atoms in total. The number of likely N-dealkylation sites (tertiary alicyclic amines) is 1. The zero-order valence-electron chi connectivity index (χ0n) is 14.6. The second-order valence-corrected chi connectivity index (χ2v) is 8.09. The lowest BCUT2D eigenvalue weighted by atomic mass is 9.93. The van der Waals surface area contributed by atoms with E-state index in [0.29, 0.717) is 19.1 Å². The van der Waals surface area contributed by atoms with E-state index in [1.54, 1.807) is 0 Å². The van der Waals surface area contributed by atoms with Crippen molar-refractivity contribution in [3.63, 3.8) is 0 Å². The Morgan fingerprint density at radius 2 is 1.84 bits per heavy atom. The summed E-state index contributed by atoms with van der Waals surface area (Å²) in [6.45, 7) is 2.88. The van der Waals surface area contributed by atoms with Crippen LogP contribution in [0.5, 0.6) is 0 Å². The minimum absolute atomic E-state index is 0.185. The average Bonchev–Trinajstić information content (AvgIpc) is 3.07. The van der Waals surface area contributed by atoms with Gasteiger partial charge in [-0.15, -0.1) is 0 Å². The zero-order valence-corrected chi connectivity index (χ0v) is 14.6. The standard InChI is InChI=1S/C19H27F2N3O/c1-24-8-11-4-14(5-12(11)9-24)23-15-7-18(22)19(25-10-15)16-6-13(20)2-3-17(16)21/h2-3,6,11-12,14-15,18-19,23H,4-5,7-10,22H2,1H3. The maximum atomic E-state index is 14.0. The summed E-state index contributed by atoms with van der Waals surface area (Å²) in [4.78, 5) is 2.42. The second kappa shape index (κ2) is 6.91. The van der Waals surface area contributed by atoms with Crippen molar-refractivity contribution in [1.29, 1.82) is 0 Å². The molecule has 1 saturated carbocycles. The molecular formula is C19H27F2N3O. The first-order chi connectivity index (χ1) is 12.0. The molecule has 2 saturated heterocycles. The largest absolute Gasteiger partial charge is 0.370 e. The van der Waals surface area contributed by atoms with Crippen LogP contribution < -0.4 is 11.1 Å². The van der Waals surface area contributed by atoms with Crippen LogP contribution in [0.2, 0.25) is 0 Å². The lowest BCUT2D eigenvalue weighted by Crippen LogP contribution is -2.50. The van der Waals surface area contributed by atoms with E-state index in [4.69, 9.17) is 10.5 Å². The molecule has 25 heavy (non-hydrogen) atoms. The summed E-state index contributed by atoms with van der Waals surface area (Å²) in [5, 5.41) is 3.70. The van der Waals surface area contributed by atoms with Crippen molar-refractivity contribution >= 4 is 0 Å². The molecule has 0 radical (unpaired) electrons. The molecule has 1 aromatic carbocycles. The van der Waals surface area contributed by atoms with Gasteiger partial charge >= 0.3 is 0 Å². The van der Waals surface area contributed by atoms with Gasteiger partial charge < -0.3 is 20.7 Å². The predicted octanol–water partition coefficient (Wildman–Crippen LogP) is 2.05. The SMILES string of the molecule is CN1CC2CC(NC3COC(c4cc(F)ccc4F)C(N)C3)CC2C1. The molecule has 1 aromatic rings. The van der Waals surface area contributed by atoms with E-state index in [1.807, 2.05) is 0 Å². The smallest absolute Gasteiger partial charge is 0.129 e. The fourth-order valence-electron chi connectivity index (χ4n) is 5.04. The molecule has 138 valence electrons. The van der Waals surface area contributed by atoms with Crippen molar-refractivity contribution in [3.05, 3.63) is 35.4 Å². The fourth-order valence-corrected chi connectivity index (χ4v) is 5.04. The van der Waals surface area contributed by atoms with E-state index < -0.39 is 17.7 Å². The number of fused-ring (bicyclic) bond motifs is 1. The molecule has 1 aliphatic carbocycles. The third-order valence-corrected chi connectivity index (χ3v) is 6.09. The van der Waals surface area contributed by atoms with Gasteiger partial charge in [0.25, 0.3) is 0 Å². The lowest BCUT2D eigenvalue weighted by Gasteiger charge is -2.36. The number of nitrogens with one attached hydrogen (secondary N) is 1. The molecule has 2 heterocycles. The monoisotopic (exact) mass is 351 g/mol. The highest BCUT2D eigenvalue weighted by Gasteiger charge is 2.41. The van der Waals surface area contributed by atoms with Gasteiger partial charge in [-0.05, 0) is 56.3 Å². The first-order valence-corrected chi connectivity index (χ1v) is 9.26. The summed E-state index contributed by atoms with van der Waals surface area (Å²) >= 11 is 0. The van der Waals surface area contributed by atoms with Crippen molar-refractivity contribution in [2.24, 2.45) is 17.6 Å². The molecule has 0 bridgehead atoms. The van der Waals surface area contributed by atoms with Crippen LogP contribution in [-0.2, 0) is 4.74 Å². The maximum Gasteiger partial charge on any atom is 0.129 e. The Hall–Kier alpha value is -1.08. The van der Waals surface area contributed by atoms with E-state index in [0.717, 1.165) is 24.0 Å². The highest BCUT2D eigenvalue weighted by molar-refractivity contribution is 5.23. The highest BCUT2D eigenvalue weighted by Crippen LogP contribution is 2.38. The van der Waals surface area contributed by atoms with Gasteiger partial charge in [0.05, 0.1) is 6.61 Å². The van der Waals surface area contributed by atoms with Crippen LogP contribution in [0.3, 0.4) is 0 Å². The topological polar surface area (TPSA) is 50.5 Å². The number of rotatable bonds is 3. The Labute approximate surface area is 147 Å². The van der Waals surface area contributed by atoms with Crippen LogP contribution in [-0.4, -0.2) is 49.8 Å². The van der Waals surface area contributed by atoms with E-state index >= 15 is 0 Å².